The molecular weight excluding hydrogens is 483 g/mol. The Hall–Kier alpha value is -2.63. The van der Waals surface area contributed by atoms with Crippen LogP contribution in [0, 0.1) is 0 Å². The van der Waals surface area contributed by atoms with Crippen LogP contribution < -0.4 is 10.1 Å². The number of aryl methyl sites for hydroxylation is 2. The number of nitrogens with one attached hydrogen (secondary N) is 1. The van der Waals surface area contributed by atoms with Crippen LogP contribution in [0.3, 0.4) is 0 Å². The molecule has 0 atom stereocenters. The van der Waals surface area contributed by atoms with Gasteiger partial charge in [0.05, 0.1) is 11.4 Å². The van der Waals surface area contributed by atoms with Gasteiger partial charge in [0, 0.05) is 25.3 Å². The molecule has 1 aliphatic heterocycles. The molecule has 2 aromatic rings. The quantitative estimate of drug-likeness (QED) is 0.576. The normalized spacial score (nSPS) is 16.0. The molecule has 0 aromatic heterocycles. The SMILES string of the molecule is CCc1cccc(CC)c1NC(=O)CN1CCCN(S(=O)(=O)c2ccc(OC(F)(F)F)cc2)CC1. The largest absolute Gasteiger partial charge is 0.573 e. The van der Waals surface area contributed by atoms with Crippen LogP contribution >= 0.6 is 0 Å². The van der Waals surface area contributed by atoms with E-state index in [-0.39, 0.29) is 30.4 Å². The molecule has 1 N–H and O–H groups in total. The van der Waals surface area contributed by atoms with Crippen molar-refractivity contribution in [3.05, 3.63) is 53.6 Å². The second-order valence-corrected chi connectivity index (χ2v) is 10.2. The van der Waals surface area contributed by atoms with Gasteiger partial charge in [-0.2, -0.15) is 4.31 Å². The molecule has 1 aliphatic rings. The third-order valence-corrected chi connectivity index (χ3v) is 7.79. The van der Waals surface area contributed by atoms with Gasteiger partial charge in [-0.05, 0) is 61.2 Å². The van der Waals surface area contributed by atoms with Crippen LogP contribution in [0.2, 0.25) is 0 Å². The molecule has 1 fully saturated rings. The predicted octanol–water partition coefficient (Wildman–Crippen LogP) is 4.05. The number of benzene rings is 2. The summed E-state index contributed by atoms with van der Waals surface area (Å²) < 4.78 is 68.2. The van der Waals surface area contributed by atoms with Gasteiger partial charge in [0.25, 0.3) is 0 Å². The van der Waals surface area contributed by atoms with Gasteiger partial charge in [-0.15, -0.1) is 13.2 Å². The molecule has 11 heteroatoms. The second kappa shape index (κ2) is 11.4. The molecule has 0 spiro atoms. The van der Waals surface area contributed by atoms with Gasteiger partial charge in [-0.25, -0.2) is 8.42 Å². The summed E-state index contributed by atoms with van der Waals surface area (Å²) in [5.74, 6) is -0.641. The van der Waals surface area contributed by atoms with Crippen LogP contribution in [0.15, 0.2) is 47.4 Å². The maximum atomic E-state index is 13.0. The van der Waals surface area contributed by atoms with Crippen LogP contribution in [0.25, 0.3) is 0 Å². The van der Waals surface area contributed by atoms with E-state index in [9.17, 15) is 26.4 Å². The first kappa shape index (κ1) is 27.0. The van der Waals surface area contributed by atoms with Gasteiger partial charge in [0.15, 0.2) is 0 Å². The van der Waals surface area contributed by atoms with E-state index < -0.39 is 22.1 Å². The number of rotatable bonds is 8. The number of nitrogens with zero attached hydrogens (tertiary/aromatic N) is 2. The fraction of sp³-hybridized carbons (Fsp3) is 0.458. The number of amides is 1. The van der Waals surface area contributed by atoms with E-state index in [0.717, 1.165) is 53.9 Å². The van der Waals surface area contributed by atoms with Crippen LogP contribution in [-0.2, 0) is 27.7 Å². The minimum atomic E-state index is -4.85. The van der Waals surface area contributed by atoms with E-state index in [1.54, 1.807) is 0 Å². The maximum Gasteiger partial charge on any atom is 0.573 e. The molecule has 7 nitrogen and oxygen atoms in total. The molecule has 35 heavy (non-hydrogen) atoms. The van der Waals surface area contributed by atoms with Gasteiger partial charge >= 0.3 is 6.36 Å². The first-order valence-electron chi connectivity index (χ1n) is 11.5. The van der Waals surface area contributed by atoms with Gasteiger partial charge in [0.2, 0.25) is 15.9 Å². The number of carbonyl (C=O) groups is 1. The smallest absolute Gasteiger partial charge is 0.406 e. The molecule has 0 bridgehead atoms. The molecule has 1 heterocycles. The zero-order valence-corrected chi connectivity index (χ0v) is 20.6. The number of carbonyl (C=O) groups excluding carboxylic acids is 1. The van der Waals surface area contributed by atoms with E-state index >= 15 is 0 Å². The summed E-state index contributed by atoms with van der Waals surface area (Å²) in [4.78, 5) is 14.6. The first-order valence-corrected chi connectivity index (χ1v) is 13.0. The zero-order chi connectivity index (χ0) is 25.6. The highest BCUT2D eigenvalue weighted by atomic mass is 32.2. The van der Waals surface area contributed by atoms with Crippen molar-refractivity contribution in [1.29, 1.82) is 0 Å². The van der Waals surface area contributed by atoms with Crippen molar-refractivity contribution in [2.24, 2.45) is 0 Å². The number of ether oxygens (including phenoxy) is 1. The van der Waals surface area contributed by atoms with Crippen molar-refractivity contribution >= 4 is 21.6 Å². The van der Waals surface area contributed by atoms with Gasteiger partial charge in [-0.1, -0.05) is 32.0 Å². The molecule has 0 saturated carbocycles. The Bertz CT molecular complexity index is 1100. The molecule has 3 rings (SSSR count). The lowest BCUT2D eigenvalue weighted by Crippen LogP contribution is -2.38. The number of sulfonamides is 1. The lowest BCUT2D eigenvalue weighted by atomic mass is 10.0. The number of halogens is 3. The highest BCUT2D eigenvalue weighted by Gasteiger charge is 2.32. The summed E-state index contributed by atoms with van der Waals surface area (Å²) >= 11 is 0. The van der Waals surface area contributed by atoms with Crippen molar-refractivity contribution in [2.45, 2.75) is 44.4 Å². The Morgan fingerprint density at radius 3 is 2.17 bits per heavy atom. The summed E-state index contributed by atoms with van der Waals surface area (Å²) in [5.41, 5.74) is 2.98. The molecule has 1 saturated heterocycles. The van der Waals surface area contributed by atoms with E-state index in [4.69, 9.17) is 0 Å². The minimum Gasteiger partial charge on any atom is -0.406 e. The van der Waals surface area contributed by atoms with Crippen molar-refractivity contribution in [3.63, 3.8) is 0 Å². The molecular formula is C24H30F3N3O4S. The molecule has 0 unspecified atom stereocenters. The van der Waals surface area contributed by atoms with Crippen LogP contribution in [0.5, 0.6) is 5.75 Å². The van der Waals surface area contributed by atoms with Crippen molar-refractivity contribution < 1.29 is 31.1 Å². The first-order chi connectivity index (χ1) is 16.5. The summed E-state index contributed by atoms with van der Waals surface area (Å²) in [7, 11) is -3.89. The molecule has 192 valence electrons. The Morgan fingerprint density at radius 2 is 1.60 bits per heavy atom. The Balaban J connectivity index is 1.61. The maximum absolute atomic E-state index is 13.0. The topological polar surface area (TPSA) is 79.0 Å². The average molecular weight is 514 g/mol. The van der Waals surface area contributed by atoms with Gasteiger partial charge in [0.1, 0.15) is 5.75 Å². The van der Waals surface area contributed by atoms with Crippen molar-refractivity contribution in [3.8, 4) is 5.75 Å². The highest BCUT2D eigenvalue weighted by Crippen LogP contribution is 2.26. The van der Waals surface area contributed by atoms with Crippen LogP contribution in [0.4, 0.5) is 18.9 Å². The van der Waals surface area contributed by atoms with Gasteiger partial charge in [-0.3, -0.25) is 9.69 Å². The molecule has 0 radical (unpaired) electrons. The average Bonchev–Trinajstić information content (AvgIpc) is 3.04. The third-order valence-electron chi connectivity index (χ3n) is 5.87. The Labute approximate surface area is 203 Å². The lowest BCUT2D eigenvalue weighted by molar-refractivity contribution is -0.274. The van der Waals surface area contributed by atoms with Gasteiger partial charge < -0.3 is 10.1 Å². The second-order valence-electron chi connectivity index (χ2n) is 8.26. The lowest BCUT2D eigenvalue weighted by Gasteiger charge is -2.22. The van der Waals surface area contributed by atoms with Crippen molar-refractivity contribution in [1.82, 2.24) is 9.21 Å². The van der Waals surface area contributed by atoms with Crippen LogP contribution in [-0.4, -0.2) is 62.6 Å². The minimum absolute atomic E-state index is 0.110. The standard InChI is InChI=1S/C24H30F3N3O4S/c1-3-18-7-5-8-19(4-2)23(18)28-22(31)17-29-13-6-14-30(16-15-29)35(32,33)21-11-9-20(10-12-21)34-24(25,26)27/h5,7-12H,3-4,6,13-17H2,1-2H3,(H,28,31). The fourth-order valence-electron chi connectivity index (χ4n) is 4.09. The molecule has 1 amide bonds. The summed E-state index contributed by atoms with van der Waals surface area (Å²) in [6.45, 7) is 5.53. The Kier molecular flexibility index (Phi) is 8.79. The van der Waals surface area contributed by atoms with E-state index in [0.29, 0.717) is 19.5 Å². The number of hydrogen-bond acceptors (Lipinski definition) is 5. The number of anilines is 1. The Morgan fingerprint density at radius 1 is 0.971 bits per heavy atom. The highest BCUT2D eigenvalue weighted by molar-refractivity contribution is 7.89. The summed E-state index contributed by atoms with van der Waals surface area (Å²) in [6, 6.07) is 10.1. The van der Waals surface area contributed by atoms with Crippen LogP contribution in [0.1, 0.15) is 31.4 Å². The summed E-state index contributed by atoms with van der Waals surface area (Å²) in [6.07, 6.45) is -2.74. The van der Waals surface area contributed by atoms with E-state index in [1.807, 2.05) is 36.9 Å². The molecule has 0 aliphatic carbocycles. The number of hydrogen-bond donors (Lipinski definition) is 1. The summed E-state index contributed by atoms with van der Waals surface area (Å²) in [5, 5.41) is 3.03. The predicted molar refractivity (Wildman–Crippen MR) is 127 cm³/mol. The van der Waals surface area contributed by atoms with Crippen molar-refractivity contribution in [2.75, 3.05) is 38.0 Å². The number of para-hydroxylation sites is 1. The van der Waals surface area contributed by atoms with E-state index in [1.165, 1.54) is 4.31 Å². The van der Waals surface area contributed by atoms with E-state index in [2.05, 4.69) is 10.1 Å². The zero-order valence-electron chi connectivity index (χ0n) is 19.8. The fourth-order valence-corrected chi connectivity index (χ4v) is 5.56. The number of alkyl halides is 3. The monoisotopic (exact) mass is 513 g/mol. The third kappa shape index (κ3) is 7.18. The molecule has 2 aromatic carbocycles.